The zero-order valence-corrected chi connectivity index (χ0v) is 12.0. The van der Waals surface area contributed by atoms with Gasteiger partial charge in [-0.05, 0) is 37.1 Å². The summed E-state index contributed by atoms with van der Waals surface area (Å²) in [4.78, 5) is 24.5. The molecular weight excluding hydrogens is 282 g/mol. The van der Waals surface area contributed by atoms with Crippen molar-refractivity contribution >= 4 is 27.4 Å². The predicted octanol–water partition coefficient (Wildman–Crippen LogP) is 0.707. The molecular formula is C13H15NO5S. The first kappa shape index (κ1) is 14.5. The molecule has 0 saturated heterocycles. The smallest absolute Gasteiger partial charge is 0.335 e. The zero-order chi connectivity index (χ0) is 15.1. The topological polar surface area (TPSA) is 91.8 Å². The third-order valence-electron chi connectivity index (χ3n) is 3.48. The van der Waals surface area contributed by atoms with Crippen molar-refractivity contribution in [3.63, 3.8) is 0 Å². The van der Waals surface area contributed by atoms with Gasteiger partial charge in [-0.15, -0.1) is 0 Å². The molecule has 0 radical (unpaired) electrons. The lowest BCUT2D eigenvalue weighted by Gasteiger charge is -2.20. The Morgan fingerprint density at radius 2 is 2.00 bits per heavy atom. The second-order valence-electron chi connectivity index (χ2n) is 4.86. The monoisotopic (exact) mass is 297 g/mol. The Hall–Kier alpha value is -1.89. The fraction of sp³-hybridized carbons (Fsp3) is 0.385. The lowest BCUT2D eigenvalue weighted by molar-refractivity contribution is -0.117. The van der Waals surface area contributed by atoms with Crippen LogP contribution in [-0.2, 0) is 21.1 Å². The van der Waals surface area contributed by atoms with E-state index in [9.17, 15) is 18.0 Å². The Bertz CT molecular complexity index is 680. The van der Waals surface area contributed by atoms with Gasteiger partial charge in [0.1, 0.15) is 5.25 Å². The number of sulfone groups is 1. The number of carbonyl (C=O) groups excluding carboxylic acids is 1. The number of carboxylic acid groups (broad SMARTS) is 1. The molecule has 1 amide bonds. The van der Waals surface area contributed by atoms with E-state index < -0.39 is 27.0 Å². The number of carboxylic acids is 1. The third kappa shape index (κ3) is 2.53. The quantitative estimate of drug-likeness (QED) is 0.887. The number of nitrogens with zero attached hydrogens (tertiary/aromatic N) is 1. The molecule has 0 saturated carbocycles. The molecule has 0 aromatic heterocycles. The average Bonchev–Trinajstić information content (AvgIpc) is 2.78. The number of fused-ring (bicyclic) bond motifs is 1. The summed E-state index contributed by atoms with van der Waals surface area (Å²) in [6, 6.07) is 4.49. The number of rotatable bonds is 3. The Labute approximate surface area is 116 Å². The van der Waals surface area contributed by atoms with Crippen molar-refractivity contribution in [3.8, 4) is 0 Å². The molecule has 2 rings (SSSR count). The molecule has 1 unspecified atom stereocenters. The van der Waals surface area contributed by atoms with Crippen LogP contribution >= 0.6 is 0 Å². The zero-order valence-electron chi connectivity index (χ0n) is 11.2. The fourth-order valence-corrected chi connectivity index (χ4v) is 2.66. The van der Waals surface area contributed by atoms with E-state index in [2.05, 4.69) is 0 Å². The minimum Gasteiger partial charge on any atom is -0.478 e. The molecule has 1 aliphatic rings. The van der Waals surface area contributed by atoms with Crippen LogP contribution in [0.1, 0.15) is 22.8 Å². The van der Waals surface area contributed by atoms with Crippen LogP contribution in [0.25, 0.3) is 0 Å². The van der Waals surface area contributed by atoms with E-state index >= 15 is 0 Å². The molecule has 108 valence electrons. The molecule has 0 aliphatic carbocycles. The maximum atomic E-state index is 12.2. The van der Waals surface area contributed by atoms with Crippen molar-refractivity contribution < 1.29 is 23.1 Å². The first-order valence-electron chi connectivity index (χ1n) is 6.08. The van der Waals surface area contributed by atoms with Gasteiger partial charge in [-0.2, -0.15) is 0 Å². The van der Waals surface area contributed by atoms with E-state index in [1.165, 1.54) is 24.0 Å². The number of carbonyl (C=O) groups is 2. The standard InChI is InChI=1S/C13H15NO5S/c1-8(20(2,18)19)12(15)14-6-5-9-7-10(13(16)17)3-4-11(9)14/h3-4,7-8H,5-6H2,1-2H3,(H,16,17). The summed E-state index contributed by atoms with van der Waals surface area (Å²) in [7, 11) is -3.45. The van der Waals surface area contributed by atoms with Gasteiger partial charge in [0.05, 0.1) is 5.56 Å². The van der Waals surface area contributed by atoms with Crippen LogP contribution in [0.3, 0.4) is 0 Å². The number of hydrogen-bond acceptors (Lipinski definition) is 4. The van der Waals surface area contributed by atoms with Crippen LogP contribution < -0.4 is 4.90 Å². The number of benzene rings is 1. The molecule has 20 heavy (non-hydrogen) atoms. The molecule has 0 fully saturated rings. The van der Waals surface area contributed by atoms with Gasteiger partial charge < -0.3 is 10.0 Å². The summed E-state index contributed by atoms with van der Waals surface area (Å²) in [6.07, 6.45) is 1.55. The van der Waals surface area contributed by atoms with Crippen molar-refractivity contribution in [1.82, 2.24) is 0 Å². The Kier molecular flexibility index (Phi) is 3.56. The summed E-state index contributed by atoms with van der Waals surface area (Å²) in [5.74, 6) is -1.50. The van der Waals surface area contributed by atoms with Gasteiger partial charge in [0, 0.05) is 18.5 Å². The molecule has 1 heterocycles. The second kappa shape index (κ2) is 4.90. The molecule has 1 N–H and O–H groups in total. The minimum atomic E-state index is -3.45. The molecule has 1 aromatic carbocycles. The fourth-order valence-electron chi connectivity index (χ4n) is 2.17. The maximum Gasteiger partial charge on any atom is 0.335 e. The first-order valence-corrected chi connectivity index (χ1v) is 8.03. The van der Waals surface area contributed by atoms with E-state index in [4.69, 9.17) is 5.11 Å². The van der Waals surface area contributed by atoms with Crippen LogP contribution in [0.5, 0.6) is 0 Å². The van der Waals surface area contributed by atoms with Crippen LogP contribution in [0.2, 0.25) is 0 Å². The van der Waals surface area contributed by atoms with Crippen molar-refractivity contribution in [2.75, 3.05) is 17.7 Å². The molecule has 7 heteroatoms. The highest BCUT2D eigenvalue weighted by molar-refractivity contribution is 7.92. The first-order chi connectivity index (χ1) is 9.21. The van der Waals surface area contributed by atoms with Gasteiger partial charge in [0.15, 0.2) is 9.84 Å². The SMILES string of the molecule is CC(C(=O)N1CCc2cc(C(=O)O)ccc21)S(C)(=O)=O. The number of aromatic carboxylic acids is 1. The number of amides is 1. The van der Waals surface area contributed by atoms with Crippen LogP contribution in [0.15, 0.2) is 18.2 Å². The lowest BCUT2D eigenvalue weighted by atomic mass is 10.1. The molecule has 1 aromatic rings. The molecule has 1 aliphatic heterocycles. The van der Waals surface area contributed by atoms with Crippen molar-refractivity contribution in [1.29, 1.82) is 0 Å². The molecule has 6 nitrogen and oxygen atoms in total. The van der Waals surface area contributed by atoms with Gasteiger partial charge in [0.2, 0.25) is 5.91 Å². The van der Waals surface area contributed by atoms with E-state index in [0.29, 0.717) is 18.7 Å². The van der Waals surface area contributed by atoms with Gasteiger partial charge in [-0.25, -0.2) is 13.2 Å². The summed E-state index contributed by atoms with van der Waals surface area (Å²) >= 11 is 0. The van der Waals surface area contributed by atoms with E-state index in [0.717, 1.165) is 11.8 Å². The van der Waals surface area contributed by atoms with Crippen molar-refractivity contribution in [2.45, 2.75) is 18.6 Å². The third-order valence-corrected chi connectivity index (χ3v) is 4.96. The van der Waals surface area contributed by atoms with Crippen molar-refractivity contribution in [3.05, 3.63) is 29.3 Å². The highest BCUT2D eigenvalue weighted by Crippen LogP contribution is 2.30. The van der Waals surface area contributed by atoms with Gasteiger partial charge >= 0.3 is 5.97 Å². The van der Waals surface area contributed by atoms with E-state index in [1.807, 2.05) is 0 Å². The molecule has 0 bridgehead atoms. The Morgan fingerprint density at radius 3 is 2.55 bits per heavy atom. The highest BCUT2D eigenvalue weighted by atomic mass is 32.2. The van der Waals surface area contributed by atoms with Crippen LogP contribution in [0, 0.1) is 0 Å². The summed E-state index contributed by atoms with van der Waals surface area (Å²) in [6.45, 7) is 1.73. The average molecular weight is 297 g/mol. The summed E-state index contributed by atoms with van der Waals surface area (Å²) in [5, 5.41) is 7.82. The maximum absolute atomic E-state index is 12.2. The van der Waals surface area contributed by atoms with Gasteiger partial charge in [0.25, 0.3) is 0 Å². The van der Waals surface area contributed by atoms with E-state index in [-0.39, 0.29) is 5.56 Å². The Morgan fingerprint density at radius 1 is 1.35 bits per heavy atom. The molecule has 0 spiro atoms. The van der Waals surface area contributed by atoms with Crippen LogP contribution in [0.4, 0.5) is 5.69 Å². The van der Waals surface area contributed by atoms with Gasteiger partial charge in [-0.1, -0.05) is 0 Å². The largest absolute Gasteiger partial charge is 0.478 e. The number of hydrogen-bond donors (Lipinski definition) is 1. The number of anilines is 1. The van der Waals surface area contributed by atoms with E-state index in [1.54, 1.807) is 6.07 Å². The summed E-state index contributed by atoms with van der Waals surface area (Å²) < 4.78 is 22.9. The lowest BCUT2D eigenvalue weighted by Crippen LogP contribution is -2.40. The minimum absolute atomic E-state index is 0.161. The van der Waals surface area contributed by atoms with Crippen molar-refractivity contribution in [2.24, 2.45) is 0 Å². The normalized spacial score (nSPS) is 15.8. The van der Waals surface area contributed by atoms with Crippen LogP contribution in [-0.4, -0.2) is 43.5 Å². The second-order valence-corrected chi connectivity index (χ2v) is 7.23. The molecule has 1 atom stereocenters. The Balaban J connectivity index is 2.33. The predicted molar refractivity (Wildman–Crippen MR) is 73.8 cm³/mol. The summed E-state index contributed by atoms with van der Waals surface area (Å²) in [5.41, 5.74) is 1.50. The van der Waals surface area contributed by atoms with Gasteiger partial charge in [-0.3, -0.25) is 4.79 Å². The highest BCUT2D eigenvalue weighted by Gasteiger charge is 2.33.